The van der Waals surface area contributed by atoms with Gasteiger partial charge < -0.3 is 5.32 Å². The van der Waals surface area contributed by atoms with Gasteiger partial charge in [0.2, 0.25) is 0 Å². The van der Waals surface area contributed by atoms with E-state index >= 15 is 0 Å². The van der Waals surface area contributed by atoms with Crippen molar-refractivity contribution < 1.29 is 0 Å². The van der Waals surface area contributed by atoms with E-state index in [-0.39, 0.29) is 0 Å². The van der Waals surface area contributed by atoms with Gasteiger partial charge in [0.1, 0.15) is 0 Å². The van der Waals surface area contributed by atoms with Gasteiger partial charge >= 0.3 is 0 Å². The zero-order valence-corrected chi connectivity index (χ0v) is 9.33. The molecule has 0 spiro atoms. The van der Waals surface area contributed by atoms with E-state index < -0.39 is 0 Å². The molecule has 0 amide bonds. The fraction of sp³-hybridized carbons (Fsp3) is 0.143. The molecule has 15 heavy (non-hydrogen) atoms. The van der Waals surface area contributed by atoms with E-state index in [1.165, 1.54) is 5.57 Å². The van der Waals surface area contributed by atoms with Gasteiger partial charge in [0.25, 0.3) is 0 Å². The lowest BCUT2D eigenvalue weighted by Gasteiger charge is -2.05. The molecule has 1 nitrogen and oxygen atoms in total. The fourth-order valence-corrected chi connectivity index (χ4v) is 1.11. The molecule has 0 aromatic heterocycles. The highest BCUT2D eigenvalue weighted by Gasteiger charge is 1.91. The van der Waals surface area contributed by atoms with Crippen LogP contribution in [0.5, 0.6) is 0 Å². The molecule has 0 bridgehead atoms. The van der Waals surface area contributed by atoms with Crippen molar-refractivity contribution >= 4 is 5.69 Å². The lowest BCUT2D eigenvalue weighted by atomic mass is 10.2. The van der Waals surface area contributed by atoms with Crippen molar-refractivity contribution in [3.05, 3.63) is 66.4 Å². The van der Waals surface area contributed by atoms with Gasteiger partial charge in [-0.2, -0.15) is 0 Å². The van der Waals surface area contributed by atoms with Crippen LogP contribution < -0.4 is 5.32 Å². The van der Waals surface area contributed by atoms with Crippen LogP contribution in [0.15, 0.2) is 66.4 Å². The summed E-state index contributed by atoms with van der Waals surface area (Å²) in [5.74, 6) is 0. The predicted octanol–water partition coefficient (Wildman–Crippen LogP) is 4.13. The van der Waals surface area contributed by atoms with Crippen LogP contribution in [-0.4, -0.2) is 0 Å². The van der Waals surface area contributed by atoms with E-state index in [0.29, 0.717) is 0 Å². The number of allylic oxidation sites excluding steroid dienone is 4. The number of benzene rings is 1. The SMILES string of the molecule is C=C/C(=C\C=C(C)C)Nc1ccccc1. The molecule has 0 aliphatic heterocycles. The molecule has 0 atom stereocenters. The molecule has 0 heterocycles. The minimum absolute atomic E-state index is 1.00. The van der Waals surface area contributed by atoms with Crippen molar-refractivity contribution in [2.45, 2.75) is 13.8 Å². The Morgan fingerprint density at radius 2 is 1.80 bits per heavy atom. The largest absolute Gasteiger partial charge is 0.356 e. The Labute approximate surface area is 91.8 Å². The number of anilines is 1. The highest BCUT2D eigenvalue weighted by molar-refractivity contribution is 5.50. The molecule has 0 aliphatic carbocycles. The summed E-state index contributed by atoms with van der Waals surface area (Å²) in [5.41, 5.74) is 3.34. The summed E-state index contributed by atoms with van der Waals surface area (Å²) >= 11 is 0. The zero-order chi connectivity index (χ0) is 11.1. The summed E-state index contributed by atoms with van der Waals surface area (Å²) in [4.78, 5) is 0. The molecule has 1 N–H and O–H groups in total. The normalized spacial score (nSPS) is 10.7. The maximum absolute atomic E-state index is 3.78. The second-order valence-electron chi connectivity index (χ2n) is 3.56. The Morgan fingerprint density at radius 3 is 2.33 bits per heavy atom. The maximum atomic E-state index is 3.78. The topological polar surface area (TPSA) is 12.0 Å². The van der Waals surface area contributed by atoms with Crippen LogP contribution in [0.3, 0.4) is 0 Å². The minimum atomic E-state index is 1.00. The summed E-state index contributed by atoms with van der Waals surface area (Å²) in [7, 11) is 0. The van der Waals surface area contributed by atoms with E-state index in [2.05, 4.69) is 31.8 Å². The maximum Gasteiger partial charge on any atom is 0.0384 e. The van der Waals surface area contributed by atoms with Crippen LogP contribution in [0.1, 0.15) is 13.8 Å². The lowest BCUT2D eigenvalue weighted by Crippen LogP contribution is -1.95. The molecule has 0 saturated carbocycles. The Kier molecular flexibility index (Phi) is 4.42. The number of rotatable bonds is 4. The highest BCUT2D eigenvalue weighted by atomic mass is 14.9. The quantitative estimate of drug-likeness (QED) is 0.719. The standard InChI is InChI=1S/C14H17N/c1-4-13(11-10-12(2)3)15-14-8-6-5-7-9-14/h4-11,15H,1H2,2-3H3/b13-11+. The molecular weight excluding hydrogens is 182 g/mol. The highest BCUT2D eigenvalue weighted by Crippen LogP contribution is 2.09. The smallest absolute Gasteiger partial charge is 0.0384 e. The first kappa shape index (κ1) is 11.3. The first-order valence-electron chi connectivity index (χ1n) is 5.02. The third-order valence-electron chi connectivity index (χ3n) is 1.88. The van der Waals surface area contributed by atoms with Crippen LogP contribution in [0.25, 0.3) is 0 Å². The second-order valence-corrected chi connectivity index (χ2v) is 3.56. The number of nitrogens with one attached hydrogen (secondary N) is 1. The molecule has 78 valence electrons. The third-order valence-corrected chi connectivity index (χ3v) is 1.88. The summed E-state index contributed by atoms with van der Waals surface area (Å²) in [6, 6.07) is 10.1. The molecule has 0 saturated heterocycles. The van der Waals surface area contributed by atoms with Gasteiger partial charge in [-0.15, -0.1) is 0 Å². The van der Waals surface area contributed by atoms with Crippen LogP contribution in [0, 0.1) is 0 Å². The Morgan fingerprint density at radius 1 is 1.13 bits per heavy atom. The van der Waals surface area contributed by atoms with Gasteiger partial charge in [-0.1, -0.05) is 36.4 Å². The van der Waals surface area contributed by atoms with Gasteiger partial charge in [0.05, 0.1) is 0 Å². The van der Waals surface area contributed by atoms with Gasteiger partial charge in [-0.3, -0.25) is 0 Å². The van der Waals surface area contributed by atoms with Crippen molar-refractivity contribution in [2.75, 3.05) is 5.32 Å². The van der Waals surface area contributed by atoms with Crippen molar-refractivity contribution in [2.24, 2.45) is 0 Å². The summed E-state index contributed by atoms with van der Waals surface area (Å²) < 4.78 is 0. The Bertz CT molecular complexity index is 368. The molecule has 1 heteroatoms. The molecule has 1 aromatic rings. The fourth-order valence-electron chi connectivity index (χ4n) is 1.11. The van der Waals surface area contributed by atoms with Gasteiger partial charge in [-0.05, 0) is 38.1 Å². The van der Waals surface area contributed by atoms with E-state index in [1.54, 1.807) is 0 Å². The number of para-hydroxylation sites is 1. The molecular formula is C14H17N. The average Bonchev–Trinajstić information content (AvgIpc) is 2.25. The monoisotopic (exact) mass is 199 g/mol. The van der Waals surface area contributed by atoms with E-state index in [0.717, 1.165) is 11.4 Å². The zero-order valence-electron chi connectivity index (χ0n) is 9.33. The van der Waals surface area contributed by atoms with Crippen molar-refractivity contribution in [1.82, 2.24) is 0 Å². The van der Waals surface area contributed by atoms with Gasteiger partial charge in [0.15, 0.2) is 0 Å². The third kappa shape index (κ3) is 4.32. The summed E-state index contributed by atoms with van der Waals surface area (Å²) in [6.45, 7) is 7.91. The molecule has 0 aliphatic rings. The number of hydrogen-bond donors (Lipinski definition) is 1. The minimum Gasteiger partial charge on any atom is -0.356 e. The average molecular weight is 199 g/mol. The Balaban J connectivity index is 2.75. The van der Waals surface area contributed by atoms with Crippen molar-refractivity contribution in [1.29, 1.82) is 0 Å². The van der Waals surface area contributed by atoms with Crippen LogP contribution in [-0.2, 0) is 0 Å². The van der Waals surface area contributed by atoms with Crippen molar-refractivity contribution in [3.63, 3.8) is 0 Å². The van der Waals surface area contributed by atoms with Crippen molar-refractivity contribution in [3.8, 4) is 0 Å². The summed E-state index contributed by atoms with van der Waals surface area (Å²) in [6.07, 6.45) is 5.90. The lowest BCUT2D eigenvalue weighted by molar-refractivity contribution is 1.38. The Hall–Kier alpha value is -1.76. The molecule has 1 aromatic carbocycles. The van der Waals surface area contributed by atoms with E-state index in [1.807, 2.05) is 42.5 Å². The molecule has 1 rings (SSSR count). The van der Waals surface area contributed by atoms with Gasteiger partial charge in [-0.25, -0.2) is 0 Å². The van der Waals surface area contributed by atoms with E-state index in [4.69, 9.17) is 0 Å². The van der Waals surface area contributed by atoms with E-state index in [9.17, 15) is 0 Å². The molecule has 0 radical (unpaired) electrons. The van der Waals surface area contributed by atoms with Gasteiger partial charge in [0, 0.05) is 11.4 Å². The first-order chi connectivity index (χ1) is 7.22. The van der Waals surface area contributed by atoms with Crippen LogP contribution >= 0.6 is 0 Å². The summed E-state index contributed by atoms with van der Waals surface area (Å²) in [5, 5.41) is 3.28. The first-order valence-corrected chi connectivity index (χ1v) is 5.02. The van der Waals surface area contributed by atoms with Crippen LogP contribution in [0.2, 0.25) is 0 Å². The molecule has 0 fully saturated rings. The molecule has 0 unspecified atom stereocenters. The second kappa shape index (κ2) is 5.86. The predicted molar refractivity (Wildman–Crippen MR) is 67.8 cm³/mol. The number of hydrogen-bond acceptors (Lipinski definition) is 1. The van der Waals surface area contributed by atoms with Crippen LogP contribution in [0.4, 0.5) is 5.69 Å².